The highest BCUT2D eigenvalue weighted by atomic mass is 32.1. The van der Waals surface area contributed by atoms with E-state index in [1.807, 2.05) is 18.2 Å². The molecule has 0 saturated heterocycles. The Labute approximate surface area is 163 Å². The summed E-state index contributed by atoms with van der Waals surface area (Å²) < 4.78 is 30.0. The van der Waals surface area contributed by atoms with Crippen LogP contribution in [0.3, 0.4) is 0 Å². The molecule has 0 aliphatic heterocycles. The highest BCUT2D eigenvalue weighted by Gasteiger charge is 2.46. The summed E-state index contributed by atoms with van der Waals surface area (Å²) in [6.45, 7) is 0. The zero-order valence-corrected chi connectivity index (χ0v) is 15.5. The Morgan fingerprint density at radius 3 is 3.04 bits per heavy atom. The number of aromatic nitrogens is 3. The summed E-state index contributed by atoms with van der Waals surface area (Å²) in [6, 6.07) is 3.30. The van der Waals surface area contributed by atoms with Gasteiger partial charge in [-0.1, -0.05) is 23.3 Å². The Kier molecular flexibility index (Phi) is 4.61. The number of thiazole rings is 1. The van der Waals surface area contributed by atoms with Crippen LogP contribution in [-0.2, 0) is 0 Å². The van der Waals surface area contributed by atoms with E-state index in [9.17, 15) is 13.6 Å². The highest BCUT2D eigenvalue weighted by Crippen LogP contribution is 2.34. The van der Waals surface area contributed by atoms with Gasteiger partial charge in [-0.15, -0.1) is 6.42 Å². The van der Waals surface area contributed by atoms with E-state index >= 15 is 0 Å². The predicted octanol–water partition coefficient (Wildman–Crippen LogP) is 2.68. The molecule has 1 saturated carbocycles. The van der Waals surface area contributed by atoms with Crippen molar-refractivity contribution in [2.24, 2.45) is 5.73 Å². The summed E-state index contributed by atoms with van der Waals surface area (Å²) >= 11 is 0.982. The second-order valence-electron chi connectivity index (χ2n) is 6.70. The largest absolute Gasteiger partial charge is 0.340 e. The number of pyridine rings is 1. The van der Waals surface area contributed by atoms with Crippen molar-refractivity contribution in [2.45, 2.75) is 37.3 Å². The van der Waals surface area contributed by atoms with E-state index in [0.29, 0.717) is 29.0 Å². The Morgan fingerprint density at radius 1 is 1.46 bits per heavy atom. The minimum Gasteiger partial charge on any atom is -0.340 e. The first-order valence-electron chi connectivity index (χ1n) is 8.75. The van der Waals surface area contributed by atoms with Crippen LogP contribution in [0.25, 0.3) is 16.8 Å². The molecule has 3 heterocycles. The fourth-order valence-corrected chi connectivity index (χ4v) is 4.23. The van der Waals surface area contributed by atoms with Gasteiger partial charge in [0.05, 0.1) is 11.7 Å². The van der Waals surface area contributed by atoms with E-state index in [0.717, 1.165) is 16.9 Å². The summed E-state index contributed by atoms with van der Waals surface area (Å²) in [4.78, 5) is 17.4. The summed E-state index contributed by atoms with van der Waals surface area (Å²) in [6.07, 6.45) is 9.44. The number of alkyl halides is 2. The molecule has 3 aromatic heterocycles. The van der Waals surface area contributed by atoms with Crippen molar-refractivity contribution in [2.75, 3.05) is 0 Å². The molecular weight excluding hydrogens is 384 g/mol. The number of hydrogen-bond acceptors (Lipinski definition) is 5. The lowest BCUT2D eigenvalue weighted by atomic mass is 9.87. The van der Waals surface area contributed by atoms with Crippen LogP contribution in [0.2, 0.25) is 0 Å². The third-order valence-corrected chi connectivity index (χ3v) is 5.84. The Bertz CT molecular complexity index is 1080. The first kappa shape index (κ1) is 18.5. The van der Waals surface area contributed by atoms with Crippen LogP contribution in [0.15, 0.2) is 30.6 Å². The summed E-state index contributed by atoms with van der Waals surface area (Å²) in [7, 11) is 0. The van der Waals surface area contributed by atoms with Crippen LogP contribution >= 0.6 is 11.3 Å². The van der Waals surface area contributed by atoms with Crippen molar-refractivity contribution in [3.05, 3.63) is 40.5 Å². The van der Waals surface area contributed by atoms with E-state index in [-0.39, 0.29) is 11.4 Å². The second-order valence-corrected chi connectivity index (χ2v) is 7.70. The van der Waals surface area contributed by atoms with Gasteiger partial charge in [0.25, 0.3) is 11.8 Å². The second kappa shape index (κ2) is 6.96. The number of carbonyl (C=O) groups excluding carboxylic acids is 1. The van der Waals surface area contributed by atoms with Crippen molar-refractivity contribution in [3.63, 3.8) is 0 Å². The molecule has 0 aromatic carbocycles. The van der Waals surface area contributed by atoms with Gasteiger partial charge in [-0.3, -0.25) is 4.79 Å². The number of amides is 1. The number of nitrogens with one attached hydrogen (secondary N) is 1. The van der Waals surface area contributed by atoms with Gasteiger partial charge in [0, 0.05) is 24.2 Å². The molecular formula is C19H17F2N5OS. The zero-order chi connectivity index (χ0) is 19.9. The van der Waals surface area contributed by atoms with Gasteiger partial charge < -0.3 is 11.1 Å². The van der Waals surface area contributed by atoms with E-state index < -0.39 is 23.9 Å². The Hall–Kier alpha value is -2.83. The molecule has 3 aromatic rings. The molecule has 6 nitrogen and oxygen atoms in total. The van der Waals surface area contributed by atoms with Crippen LogP contribution < -0.4 is 11.1 Å². The third kappa shape index (κ3) is 3.15. The van der Waals surface area contributed by atoms with Gasteiger partial charge in [-0.05, 0) is 25.0 Å². The molecule has 3 N–H and O–H groups in total. The van der Waals surface area contributed by atoms with Crippen LogP contribution in [-0.4, -0.2) is 38.5 Å². The van der Waals surface area contributed by atoms with Crippen LogP contribution in [0, 0.1) is 12.3 Å². The smallest absolute Gasteiger partial charge is 0.280 e. The lowest BCUT2D eigenvalue weighted by Gasteiger charge is -2.36. The predicted molar refractivity (Wildman–Crippen MR) is 102 cm³/mol. The minimum atomic E-state index is -3.05. The molecule has 1 aliphatic rings. The fourth-order valence-electron chi connectivity index (χ4n) is 3.44. The topological polar surface area (TPSA) is 85.3 Å². The Balaban J connectivity index is 1.66. The number of halogens is 2. The standard InChI is InChI=1S/C19H17F2N5OS/c1-2-14-15(11-10-23-26-9-4-3-7-13(11)26)24-18(28-14)17(27)25-16-12(22)6-5-8-19(16,20)21/h1,3-4,7,9-10,12,16H,5-6,8,22H2,(H,25,27)/t12-,16-/m1/s1. The number of nitrogens with zero attached hydrogens (tertiary/aromatic N) is 3. The van der Waals surface area contributed by atoms with Crippen molar-refractivity contribution < 1.29 is 13.6 Å². The molecule has 0 unspecified atom stereocenters. The lowest BCUT2D eigenvalue weighted by Crippen LogP contribution is -2.59. The van der Waals surface area contributed by atoms with Gasteiger partial charge in [0.1, 0.15) is 16.6 Å². The molecule has 1 fully saturated rings. The number of rotatable bonds is 3. The SMILES string of the molecule is C#Cc1sc(C(=O)N[C@@H]2[C@H](N)CCCC2(F)F)nc1-c1cnn2ccccc12. The van der Waals surface area contributed by atoms with Gasteiger partial charge in [0.15, 0.2) is 5.01 Å². The van der Waals surface area contributed by atoms with Crippen molar-refractivity contribution in [3.8, 4) is 23.6 Å². The van der Waals surface area contributed by atoms with E-state index in [2.05, 4.69) is 21.3 Å². The molecule has 144 valence electrons. The lowest BCUT2D eigenvalue weighted by molar-refractivity contribution is -0.0674. The molecule has 0 radical (unpaired) electrons. The van der Waals surface area contributed by atoms with E-state index in [1.54, 1.807) is 16.9 Å². The average molecular weight is 401 g/mol. The van der Waals surface area contributed by atoms with Crippen LogP contribution in [0.1, 0.15) is 33.9 Å². The Morgan fingerprint density at radius 2 is 2.29 bits per heavy atom. The molecule has 9 heteroatoms. The third-order valence-electron chi connectivity index (χ3n) is 4.85. The van der Waals surface area contributed by atoms with Gasteiger partial charge in [-0.2, -0.15) is 5.10 Å². The summed E-state index contributed by atoms with van der Waals surface area (Å²) in [5, 5.41) is 6.63. The molecule has 0 spiro atoms. The molecule has 2 atom stereocenters. The van der Waals surface area contributed by atoms with Gasteiger partial charge in [-0.25, -0.2) is 18.3 Å². The number of nitrogens with two attached hydrogens (primary N) is 1. The fraction of sp³-hybridized carbons (Fsp3) is 0.316. The summed E-state index contributed by atoms with van der Waals surface area (Å²) in [5.41, 5.74) is 7.70. The van der Waals surface area contributed by atoms with E-state index in [4.69, 9.17) is 12.2 Å². The van der Waals surface area contributed by atoms with Crippen molar-refractivity contribution >= 4 is 22.8 Å². The average Bonchev–Trinajstić information content (AvgIpc) is 3.28. The molecule has 1 aliphatic carbocycles. The number of terminal acetylenes is 1. The first-order valence-corrected chi connectivity index (χ1v) is 9.57. The maximum Gasteiger partial charge on any atom is 0.280 e. The van der Waals surface area contributed by atoms with Crippen LogP contribution in [0.4, 0.5) is 8.78 Å². The quantitative estimate of drug-likeness (QED) is 0.661. The normalized spacial score (nSPS) is 21.4. The number of fused-ring (bicyclic) bond motifs is 1. The van der Waals surface area contributed by atoms with E-state index in [1.165, 1.54) is 0 Å². The molecule has 4 rings (SSSR count). The minimum absolute atomic E-state index is 0.0202. The molecule has 28 heavy (non-hydrogen) atoms. The van der Waals surface area contributed by atoms with Crippen LogP contribution in [0.5, 0.6) is 0 Å². The van der Waals surface area contributed by atoms with Gasteiger partial charge >= 0.3 is 0 Å². The summed E-state index contributed by atoms with van der Waals surface area (Å²) in [5.74, 6) is -1.23. The highest BCUT2D eigenvalue weighted by molar-refractivity contribution is 7.14. The first-order chi connectivity index (χ1) is 13.4. The van der Waals surface area contributed by atoms with Gasteiger partial charge in [0.2, 0.25) is 0 Å². The molecule has 0 bridgehead atoms. The number of hydrogen-bond donors (Lipinski definition) is 2. The maximum absolute atomic E-state index is 14.2. The maximum atomic E-state index is 14.2. The molecule has 1 amide bonds. The van der Waals surface area contributed by atoms with Crippen molar-refractivity contribution in [1.29, 1.82) is 0 Å². The number of carbonyl (C=O) groups is 1. The monoisotopic (exact) mass is 401 g/mol. The van der Waals surface area contributed by atoms with Crippen molar-refractivity contribution in [1.82, 2.24) is 19.9 Å². The zero-order valence-electron chi connectivity index (χ0n) is 14.7.